The number of hydrogen-bond donors (Lipinski definition) is 2. The molecule has 146 valence electrons. The van der Waals surface area contributed by atoms with E-state index in [1.54, 1.807) is 36.7 Å². The Labute approximate surface area is 163 Å². The highest BCUT2D eigenvalue weighted by molar-refractivity contribution is 6.15. The van der Waals surface area contributed by atoms with Crippen LogP contribution >= 0.6 is 0 Å². The van der Waals surface area contributed by atoms with Crippen molar-refractivity contribution in [2.45, 2.75) is 12.7 Å². The molecule has 0 unspecified atom stereocenters. The van der Waals surface area contributed by atoms with Gasteiger partial charge in [0.1, 0.15) is 5.70 Å². The van der Waals surface area contributed by atoms with Crippen molar-refractivity contribution in [3.63, 3.8) is 0 Å². The summed E-state index contributed by atoms with van der Waals surface area (Å²) in [5.74, 6) is -0.328. The molecule has 2 aromatic carbocycles. The quantitative estimate of drug-likeness (QED) is 0.665. The molecule has 0 saturated carbocycles. The van der Waals surface area contributed by atoms with Gasteiger partial charge in [0.05, 0.1) is 23.1 Å². The lowest BCUT2D eigenvalue weighted by Crippen LogP contribution is -2.25. The van der Waals surface area contributed by atoms with Gasteiger partial charge in [0.15, 0.2) is 0 Å². The maximum Gasteiger partial charge on any atom is 0.416 e. The number of rotatable bonds is 3. The molecule has 0 radical (unpaired) electrons. The smallest absolute Gasteiger partial charge is 0.321 e. The number of benzene rings is 2. The summed E-state index contributed by atoms with van der Waals surface area (Å²) in [5, 5.41) is 5.31. The van der Waals surface area contributed by atoms with Crippen LogP contribution in [0.15, 0.2) is 65.5 Å². The Morgan fingerprint density at radius 1 is 1.00 bits per heavy atom. The van der Waals surface area contributed by atoms with E-state index < -0.39 is 17.6 Å². The van der Waals surface area contributed by atoms with E-state index in [4.69, 9.17) is 0 Å². The predicted molar refractivity (Wildman–Crippen MR) is 101 cm³/mol. The van der Waals surface area contributed by atoms with E-state index in [9.17, 15) is 18.0 Å². The molecule has 1 aromatic heterocycles. The molecule has 0 aliphatic carbocycles. The molecule has 4 rings (SSSR count). The van der Waals surface area contributed by atoms with Crippen LogP contribution in [0.4, 0.5) is 13.2 Å². The lowest BCUT2D eigenvalue weighted by Gasteiger charge is -2.11. The highest BCUT2D eigenvalue weighted by Gasteiger charge is 2.32. The number of aromatic nitrogens is 2. The second-order valence-electron chi connectivity index (χ2n) is 6.26. The molecule has 1 saturated heterocycles. The zero-order valence-electron chi connectivity index (χ0n) is 14.9. The summed E-state index contributed by atoms with van der Waals surface area (Å²) in [4.78, 5) is 24.6. The van der Waals surface area contributed by atoms with Crippen LogP contribution in [0.5, 0.6) is 0 Å². The first kappa shape index (κ1) is 18.6. The number of guanidine groups is 1. The van der Waals surface area contributed by atoms with Crippen LogP contribution in [0.25, 0.3) is 17.1 Å². The summed E-state index contributed by atoms with van der Waals surface area (Å²) in [6.07, 6.45) is 0.304. The minimum atomic E-state index is -4.47. The van der Waals surface area contributed by atoms with Gasteiger partial charge in [0.25, 0.3) is 5.91 Å². The average molecular weight is 397 g/mol. The summed E-state index contributed by atoms with van der Waals surface area (Å²) in [7, 11) is 0. The van der Waals surface area contributed by atoms with Gasteiger partial charge in [-0.25, -0.2) is 4.99 Å². The van der Waals surface area contributed by atoms with E-state index in [0.717, 1.165) is 17.1 Å². The van der Waals surface area contributed by atoms with E-state index >= 15 is 0 Å². The van der Waals surface area contributed by atoms with E-state index in [2.05, 4.69) is 25.6 Å². The van der Waals surface area contributed by atoms with Crippen LogP contribution in [0.3, 0.4) is 0 Å². The van der Waals surface area contributed by atoms with Crippen molar-refractivity contribution < 1.29 is 18.0 Å². The average Bonchev–Trinajstić information content (AvgIpc) is 3.05. The van der Waals surface area contributed by atoms with Crippen molar-refractivity contribution in [1.29, 1.82) is 0 Å². The number of fused-ring (bicyclic) bond motifs is 1. The fraction of sp³-hybridized carbons (Fsp3) is 0.100. The Balaban J connectivity index is 1.54. The zero-order chi connectivity index (χ0) is 20.4. The molecule has 2 heterocycles. The molecule has 3 aromatic rings. The van der Waals surface area contributed by atoms with Crippen LogP contribution in [0, 0.1) is 0 Å². The van der Waals surface area contributed by atoms with Crippen molar-refractivity contribution in [3.8, 4) is 0 Å². The Bertz CT molecular complexity index is 1150. The summed E-state index contributed by atoms with van der Waals surface area (Å²) in [6, 6.07) is 10.5. The third-order valence-corrected chi connectivity index (χ3v) is 4.26. The molecular weight excluding hydrogens is 383 g/mol. The minimum Gasteiger partial charge on any atom is -0.321 e. The van der Waals surface area contributed by atoms with Crippen molar-refractivity contribution in [3.05, 3.63) is 77.2 Å². The molecule has 1 amide bonds. The van der Waals surface area contributed by atoms with Gasteiger partial charge in [0.2, 0.25) is 5.96 Å². The van der Waals surface area contributed by atoms with E-state index in [1.807, 2.05) is 0 Å². The molecule has 2 N–H and O–H groups in total. The monoisotopic (exact) mass is 397 g/mol. The van der Waals surface area contributed by atoms with Gasteiger partial charge >= 0.3 is 6.18 Å². The Hall–Kier alpha value is -3.75. The minimum absolute atomic E-state index is 0.0223. The topological polar surface area (TPSA) is 79.3 Å². The van der Waals surface area contributed by atoms with Crippen LogP contribution in [0.1, 0.15) is 16.7 Å². The Morgan fingerprint density at radius 2 is 1.76 bits per heavy atom. The molecular formula is C20H14F3N5O. The van der Waals surface area contributed by atoms with Gasteiger partial charge in [-0.1, -0.05) is 24.3 Å². The standard InChI is InChI=1S/C20H14F3N5O/c21-20(22,23)14-4-2-1-3-13(14)11-26-19-27-17(18(29)28-19)10-12-5-6-15-16(9-12)25-8-7-24-15/h1-10H,11H2,(H2,26,27,28,29)/b17-10-. The van der Waals surface area contributed by atoms with Crippen LogP contribution in [-0.2, 0) is 17.5 Å². The molecule has 0 bridgehead atoms. The third-order valence-electron chi connectivity index (χ3n) is 4.26. The molecule has 29 heavy (non-hydrogen) atoms. The molecule has 1 aliphatic heterocycles. The number of carbonyl (C=O) groups is 1. The first-order valence-electron chi connectivity index (χ1n) is 8.60. The fourth-order valence-electron chi connectivity index (χ4n) is 2.91. The van der Waals surface area contributed by atoms with E-state index in [1.165, 1.54) is 18.2 Å². The molecule has 9 heteroatoms. The summed E-state index contributed by atoms with van der Waals surface area (Å²) >= 11 is 0. The van der Waals surface area contributed by atoms with Crippen molar-refractivity contribution in [1.82, 2.24) is 20.6 Å². The zero-order valence-corrected chi connectivity index (χ0v) is 14.9. The number of carbonyl (C=O) groups excluding carboxylic acids is 1. The van der Waals surface area contributed by atoms with Gasteiger partial charge in [0, 0.05) is 12.4 Å². The number of amides is 1. The van der Waals surface area contributed by atoms with Gasteiger partial charge in [-0.15, -0.1) is 0 Å². The molecule has 6 nitrogen and oxygen atoms in total. The van der Waals surface area contributed by atoms with Gasteiger partial charge in [-0.3, -0.25) is 20.1 Å². The summed E-state index contributed by atoms with van der Waals surface area (Å²) in [6.45, 7) is -0.225. The van der Waals surface area contributed by atoms with Crippen LogP contribution < -0.4 is 10.6 Å². The number of aliphatic imine (C=N–C) groups is 1. The first-order valence-corrected chi connectivity index (χ1v) is 8.60. The highest BCUT2D eigenvalue weighted by Crippen LogP contribution is 2.32. The van der Waals surface area contributed by atoms with Gasteiger partial charge in [-0.05, 0) is 35.4 Å². The SMILES string of the molecule is O=C1NC(=NCc2ccccc2C(F)(F)F)N/C1=C\c1ccc2nccnc2c1. The summed E-state index contributed by atoms with van der Waals surface area (Å²) < 4.78 is 39.2. The van der Waals surface area contributed by atoms with Crippen molar-refractivity contribution in [2.24, 2.45) is 4.99 Å². The first-order chi connectivity index (χ1) is 13.9. The molecule has 0 spiro atoms. The van der Waals surface area contributed by atoms with E-state index in [0.29, 0.717) is 5.52 Å². The fourth-order valence-corrected chi connectivity index (χ4v) is 2.91. The predicted octanol–water partition coefficient (Wildman–Crippen LogP) is 3.27. The van der Waals surface area contributed by atoms with Gasteiger partial charge in [-0.2, -0.15) is 13.2 Å². The maximum atomic E-state index is 13.1. The van der Waals surface area contributed by atoms with Crippen molar-refractivity contribution in [2.75, 3.05) is 0 Å². The number of alkyl halides is 3. The van der Waals surface area contributed by atoms with E-state index in [-0.39, 0.29) is 23.8 Å². The largest absolute Gasteiger partial charge is 0.416 e. The summed E-state index contributed by atoms with van der Waals surface area (Å²) in [5.41, 5.74) is 1.63. The Kier molecular flexibility index (Phi) is 4.71. The van der Waals surface area contributed by atoms with Gasteiger partial charge < -0.3 is 5.32 Å². The third kappa shape index (κ3) is 4.08. The number of nitrogens with zero attached hydrogens (tertiary/aromatic N) is 3. The Morgan fingerprint density at radius 3 is 2.55 bits per heavy atom. The lowest BCUT2D eigenvalue weighted by molar-refractivity contribution is -0.138. The van der Waals surface area contributed by atoms with Crippen LogP contribution in [0.2, 0.25) is 0 Å². The second kappa shape index (κ2) is 7.34. The normalized spacial score (nSPS) is 17.0. The number of halogens is 3. The second-order valence-corrected chi connectivity index (χ2v) is 6.26. The highest BCUT2D eigenvalue weighted by atomic mass is 19.4. The van der Waals surface area contributed by atoms with Crippen molar-refractivity contribution >= 4 is 29.0 Å². The lowest BCUT2D eigenvalue weighted by atomic mass is 10.1. The van der Waals surface area contributed by atoms with Crippen LogP contribution in [-0.4, -0.2) is 21.8 Å². The molecule has 1 fully saturated rings. The molecule has 1 aliphatic rings. The number of nitrogens with one attached hydrogen (secondary N) is 2. The maximum absolute atomic E-state index is 13.1. The molecule has 0 atom stereocenters. The number of hydrogen-bond acceptors (Lipinski definition) is 4.